The van der Waals surface area contributed by atoms with Gasteiger partial charge in [0.1, 0.15) is 11.6 Å². The van der Waals surface area contributed by atoms with Gasteiger partial charge in [0, 0.05) is 10.0 Å². The van der Waals surface area contributed by atoms with Crippen LogP contribution in [0.15, 0.2) is 40.9 Å². The molecule has 0 unspecified atom stereocenters. The predicted molar refractivity (Wildman–Crippen MR) is 67.5 cm³/mol. The lowest BCUT2D eigenvalue weighted by Crippen LogP contribution is -1.76. The van der Waals surface area contributed by atoms with Crippen molar-refractivity contribution < 1.29 is 0 Å². The lowest BCUT2D eigenvalue weighted by Gasteiger charge is -1.87. The van der Waals surface area contributed by atoms with Gasteiger partial charge in [0.15, 0.2) is 0 Å². The number of hydrogen-bond donors (Lipinski definition) is 1. The number of halogens is 1. The highest BCUT2D eigenvalue weighted by Crippen LogP contribution is 2.29. The number of allylic oxidation sites excluding steroid dienone is 1. The largest absolute Gasteiger partial charge is 0.258 e. The first-order chi connectivity index (χ1) is 7.74. The summed E-state index contributed by atoms with van der Waals surface area (Å²) in [7, 11) is 0. The molecule has 0 aromatic carbocycles. The van der Waals surface area contributed by atoms with E-state index in [4.69, 9.17) is 10.7 Å². The van der Waals surface area contributed by atoms with E-state index in [0.717, 1.165) is 15.6 Å². The number of nitriles is 1. The SMILES string of the molecule is N#CC(=C=N)c1ccc2cc(Br)cc-2cc1. The topological polar surface area (TPSA) is 47.6 Å². The van der Waals surface area contributed by atoms with Gasteiger partial charge in [-0.2, -0.15) is 5.26 Å². The maximum atomic E-state index is 8.82. The highest BCUT2D eigenvalue weighted by Gasteiger charge is 2.05. The summed E-state index contributed by atoms with van der Waals surface area (Å²) >= 11 is 3.41. The summed E-state index contributed by atoms with van der Waals surface area (Å²) in [6.07, 6.45) is 0. The number of hydrogen-bond acceptors (Lipinski definition) is 2. The number of nitrogens with one attached hydrogen (secondary N) is 1. The summed E-state index contributed by atoms with van der Waals surface area (Å²) in [4.78, 5) is 0. The molecule has 0 saturated heterocycles. The summed E-state index contributed by atoms with van der Waals surface area (Å²) in [5.74, 6) is 2.14. The molecule has 0 spiro atoms. The summed E-state index contributed by atoms with van der Waals surface area (Å²) < 4.78 is 1.04. The zero-order valence-corrected chi connectivity index (χ0v) is 9.88. The third kappa shape index (κ3) is 1.90. The predicted octanol–water partition coefficient (Wildman–Crippen LogP) is 3.71. The van der Waals surface area contributed by atoms with E-state index in [9.17, 15) is 0 Å². The third-order valence-electron chi connectivity index (χ3n) is 2.33. The highest BCUT2D eigenvalue weighted by molar-refractivity contribution is 9.10. The van der Waals surface area contributed by atoms with E-state index < -0.39 is 0 Å². The molecule has 0 fully saturated rings. The molecule has 0 bridgehead atoms. The fourth-order valence-corrected chi connectivity index (χ4v) is 2.03. The quantitative estimate of drug-likeness (QED) is 0.623. The highest BCUT2D eigenvalue weighted by atomic mass is 79.9. The molecular weight excluding hydrogens is 264 g/mol. The van der Waals surface area contributed by atoms with Gasteiger partial charge >= 0.3 is 0 Å². The molecule has 0 atom stereocenters. The molecule has 0 saturated carbocycles. The molecule has 0 aromatic heterocycles. The Hall–Kier alpha value is -1.88. The fraction of sp³-hybridized carbons (Fsp3) is 0. The van der Waals surface area contributed by atoms with Crippen molar-refractivity contribution in [3.8, 4) is 17.2 Å². The van der Waals surface area contributed by atoms with Crippen LogP contribution in [0.3, 0.4) is 0 Å². The monoisotopic (exact) mass is 270 g/mol. The summed E-state index contributed by atoms with van der Waals surface area (Å²) in [5.41, 5.74) is 3.15. The fourth-order valence-electron chi connectivity index (χ4n) is 1.54. The first kappa shape index (κ1) is 10.6. The summed E-state index contributed by atoms with van der Waals surface area (Å²) in [6, 6.07) is 13.5. The van der Waals surface area contributed by atoms with Crippen molar-refractivity contribution in [1.29, 1.82) is 10.7 Å². The van der Waals surface area contributed by atoms with Gasteiger partial charge in [0.05, 0.1) is 0 Å². The van der Waals surface area contributed by atoms with Crippen LogP contribution in [0, 0.1) is 16.7 Å². The Bertz CT molecular complexity index is 570. The zero-order chi connectivity index (χ0) is 11.5. The van der Waals surface area contributed by atoms with Gasteiger partial charge in [0.2, 0.25) is 0 Å². The van der Waals surface area contributed by atoms with Crippen molar-refractivity contribution in [2.45, 2.75) is 0 Å². The molecule has 0 heterocycles. The van der Waals surface area contributed by atoms with Crippen LogP contribution in [-0.4, -0.2) is 5.87 Å². The standard InChI is InChI=1S/C13H7BrN2/c14-13-5-10-3-1-9(12(7-15)8-16)2-4-11(10)6-13/h1-6,15H. The molecule has 76 valence electrons. The van der Waals surface area contributed by atoms with E-state index in [-0.39, 0.29) is 5.57 Å². The average molecular weight is 271 g/mol. The van der Waals surface area contributed by atoms with E-state index in [2.05, 4.69) is 21.8 Å². The summed E-state index contributed by atoms with van der Waals surface area (Å²) in [5, 5.41) is 15.8. The van der Waals surface area contributed by atoms with E-state index in [0.29, 0.717) is 5.56 Å². The van der Waals surface area contributed by atoms with Crippen LogP contribution in [0.2, 0.25) is 0 Å². The Morgan fingerprint density at radius 2 is 1.69 bits per heavy atom. The molecule has 3 heteroatoms. The van der Waals surface area contributed by atoms with Crippen LogP contribution in [0.1, 0.15) is 5.56 Å². The minimum absolute atomic E-state index is 0.247. The van der Waals surface area contributed by atoms with Crippen molar-refractivity contribution in [3.05, 3.63) is 46.4 Å². The average Bonchev–Trinajstić information content (AvgIpc) is 2.53. The molecule has 2 aliphatic rings. The lowest BCUT2D eigenvalue weighted by molar-refractivity contribution is 1.53. The molecule has 2 aliphatic carbocycles. The molecule has 0 radical (unpaired) electrons. The molecule has 2 nitrogen and oxygen atoms in total. The zero-order valence-electron chi connectivity index (χ0n) is 8.29. The smallest absolute Gasteiger partial charge is 0.120 e. The van der Waals surface area contributed by atoms with Gasteiger partial charge < -0.3 is 0 Å². The Balaban J connectivity index is 2.62. The van der Waals surface area contributed by atoms with Crippen molar-refractivity contribution in [2.75, 3.05) is 0 Å². The maximum absolute atomic E-state index is 8.82. The molecule has 0 amide bonds. The molecule has 0 aliphatic heterocycles. The minimum Gasteiger partial charge on any atom is -0.258 e. The normalized spacial score (nSPS) is 9.50. The van der Waals surface area contributed by atoms with Gasteiger partial charge in [-0.05, 0) is 29.1 Å². The van der Waals surface area contributed by atoms with Gasteiger partial charge in [0.25, 0.3) is 0 Å². The second kappa shape index (κ2) is 4.32. The van der Waals surface area contributed by atoms with Crippen LogP contribution in [0.5, 0.6) is 0 Å². The van der Waals surface area contributed by atoms with Crippen LogP contribution < -0.4 is 0 Å². The Morgan fingerprint density at radius 1 is 1.12 bits per heavy atom. The second-order valence-electron chi connectivity index (χ2n) is 3.32. The second-order valence-corrected chi connectivity index (χ2v) is 4.23. The van der Waals surface area contributed by atoms with Crippen molar-refractivity contribution in [3.63, 3.8) is 0 Å². The molecule has 16 heavy (non-hydrogen) atoms. The molecular formula is C13H7BrN2. The number of rotatable bonds is 1. The molecule has 0 aromatic rings. The van der Waals surface area contributed by atoms with E-state index >= 15 is 0 Å². The van der Waals surface area contributed by atoms with Crippen molar-refractivity contribution in [1.82, 2.24) is 0 Å². The first-order valence-electron chi connectivity index (χ1n) is 4.64. The van der Waals surface area contributed by atoms with Gasteiger partial charge in [-0.3, -0.25) is 5.41 Å². The maximum Gasteiger partial charge on any atom is 0.120 e. The van der Waals surface area contributed by atoms with E-state index in [1.165, 1.54) is 0 Å². The summed E-state index contributed by atoms with van der Waals surface area (Å²) in [6.45, 7) is 0. The van der Waals surface area contributed by atoms with E-state index in [1.54, 1.807) is 0 Å². The Labute approximate surface area is 102 Å². The Kier molecular flexibility index (Phi) is 2.87. The molecule has 1 N–H and O–H groups in total. The van der Waals surface area contributed by atoms with Gasteiger partial charge in [-0.1, -0.05) is 40.2 Å². The Morgan fingerprint density at radius 3 is 2.12 bits per heavy atom. The van der Waals surface area contributed by atoms with Gasteiger partial charge in [-0.15, -0.1) is 0 Å². The third-order valence-corrected chi connectivity index (χ3v) is 2.79. The van der Waals surface area contributed by atoms with E-state index in [1.807, 2.05) is 42.5 Å². The van der Waals surface area contributed by atoms with Crippen molar-refractivity contribution >= 4 is 27.4 Å². The van der Waals surface area contributed by atoms with Crippen LogP contribution in [0.25, 0.3) is 16.7 Å². The van der Waals surface area contributed by atoms with Crippen LogP contribution >= 0.6 is 15.9 Å². The van der Waals surface area contributed by atoms with Crippen molar-refractivity contribution in [2.24, 2.45) is 0 Å². The lowest BCUT2D eigenvalue weighted by atomic mass is 10.1. The van der Waals surface area contributed by atoms with Gasteiger partial charge in [-0.25, -0.2) is 0 Å². The number of fused-ring (bicyclic) bond motifs is 1. The number of nitrogens with zero attached hydrogens (tertiary/aromatic N) is 1. The van der Waals surface area contributed by atoms with Crippen LogP contribution in [0.4, 0.5) is 0 Å². The minimum atomic E-state index is 0.247. The van der Waals surface area contributed by atoms with Crippen LogP contribution in [-0.2, 0) is 0 Å². The molecule has 2 rings (SSSR count). The first-order valence-corrected chi connectivity index (χ1v) is 5.43.